The number of benzene rings is 4. The fourth-order valence-electron chi connectivity index (χ4n) is 14.0. The molecule has 7 atom stereocenters. The number of sulfonamides is 1. The van der Waals surface area contributed by atoms with Crippen LogP contribution in [-0.2, 0) is 87.8 Å². The molecule has 0 spiro atoms. The Bertz CT molecular complexity index is 5060. The summed E-state index contributed by atoms with van der Waals surface area (Å²) in [5.74, 6) is -8.35. The maximum atomic E-state index is 14.7. The Morgan fingerprint density at radius 2 is 1.37 bits per heavy atom. The van der Waals surface area contributed by atoms with Crippen LogP contribution in [0.4, 0.5) is 37.1 Å². The van der Waals surface area contributed by atoms with E-state index >= 15 is 0 Å². The van der Waals surface area contributed by atoms with Gasteiger partial charge < -0.3 is 87.5 Å². The van der Waals surface area contributed by atoms with E-state index in [0.717, 1.165) is 10.9 Å². The predicted octanol–water partition coefficient (Wildman–Crippen LogP) is 6.66. The lowest BCUT2D eigenvalue weighted by Crippen LogP contribution is -2.59. The minimum Gasteiger partial charge on any atom is -0.481 e. The number of pyridine rings is 2. The van der Waals surface area contributed by atoms with Crippen LogP contribution in [-0.4, -0.2) is 166 Å². The second-order valence-corrected chi connectivity index (χ2v) is 31.8. The number of cyclic esters (lactones) is 1. The molecular formula is C81H99N17O18S. The number of imidazole rings is 1. The number of carbonyl (C=O) groups excluding carboxylic acids is 11. The maximum absolute atomic E-state index is 14.7. The number of carboxylic acids is 1. The van der Waals surface area contributed by atoms with Gasteiger partial charge in [-0.15, -0.1) is 0 Å². The van der Waals surface area contributed by atoms with Crippen molar-refractivity contribution in [3.8, 4) is 11.4 Å². The van der Waals surface area contributed by atoms with Gasteiger partial charge in [0.1, 0.15) is 36.8 Å². The van der Waals surface area contributed by atoms with E-state index in [2.05, 4.69) is 73.2 Å². The Labute approximate surface area is 674 Å². The number of carboxylic acid groups (broad SMARTS) is 1. The van der Waals surface area contributed by atoms with E-state index in [-0.39, 0.29) is 121 Å². The van der Waals surface area contributed by atoms with Crippen LogP contribution in [0.2, 0.25) is 0 Å². The first-order valence-corrected chi connectivity index (χ1v) is 40.3. The van der Waals surface area contributed by atoms with E-state index in [1.54, 1.807) is 45.3 Å². The van der Waals surface area contributed by atoms with Gasteiger partial charge in [-0.2, -0.15) is 0 Å². The number of nitrogens with one attached hydrogen (secondary N) is 13. The molecule has 36 heteroatoms. The SMILES string of the molecule is CCCNC(=O)Nc1cccc(S(=O)(=O)Nc2cccc(C(CC(=O)O)NC(=O)Nc3ccc(NC(=O)NCCCC(=O)N4CCC[C@@H]4C(=O)N[C@@H](CC(C)C)C(=O)NCC(=O)N[C@H](CC(C)C)C(=O)N[C@H](Cc4c[nH]cn4)C(=O)N[C@@H](C(=O)O[C@@]4(CC)C(=O)OCc5c4cc4n(c5=O)Cc5cc6ccccc6nc5-4)C(C)C)cc3)c2)c1. The highest BCUT2D eigenvalue weighted by molar-refractivity contribution is 7.92. The second-order valence-electron chi connectivity index (χ2n) is 30.1. The number of rotatable bonds is 36. The highest BCUT2D eigenvalue weighted by Crippen LogP contribution is 2.42. The number of ether oxygens (including phenoxy) is 2. The molecule has 0 bridgehead atoms. The minimum absolute atomic E-state index is 0.0507. The summed E-state index contributed by atoms with van der Waals surface area (Å²) in [6, 6.07) is 19.2. The van der Waals surface area contributed by atoms with Crippen LogP contribution in [0, 0.1) is 17.8 Å². The van der Waals surface area contributed by atoms with Crippen molar-refractivity contribution in [2.45, 2.75) is 179 Å². The number of H-pyrrole nitrogens is 1. The predicted molar refractivity (Wildman–Crippen MR) is 431 cm³/mol. The number of esters is 2. The van der Waals surface area contributed by atoms with Crippen molar-refractivity contribution >= 4 is 115 Å². The van der Waals surface area contributed by atoms with Crippen molar-refractivity contribution in [2.24, 2.45) is 17.8 Å². The molecule has 3 aromatic heterocycles. The fourth-order valence-corrected chi connectivity index (χ4v) is 15.1. The summed E-state index contributed by atoms with van der Waals surface area (Å²) >= 11 is 0. The normalized spacial score (nSPS) is 16.0. The smallest absolute Gasteiger partial charge is 0.355 e. The summed E-state index contributed by atoms with van der Waals surface area (Å²) in [6.45, 7) is 14.0. The molecule has 622 valence electrons. The number of aromatic nitrogens is 4. The number of aliphatic carboxylic acids is 1. The molecular weight excluding hydrogens is 1530 g/mol. The summed E-state index contributed by atoms with van der Waals surface area (Å²) in [5, 5.41) is 39.9. The zero-order valence-electron chi connectivity index (χ0n) is 66.1. The van der Waals surface area contributed by atoms with Gasteiger partial charge in [0, 0.05) is 77.9 Å². The zero-order chi connectivity index (χ0) is 84.4. The van der Waals surface area contributed by atoms with E-state index in [1.807, 2.05) is 51.1 Å². The number of para-hydroxylation sites is 1. The Kier molecular flexibility index (Phi) is 28.9. The molecule has 7 aromatic rings. The number of hydrogen-bond acceptors (Lipinski definition) is 19. The third kappa shape index (κ3) is 22.4. The number of hydrogen-bond donors (Lipinski definition) is 14. The quantitative estimate of drug-likeness (QED) is 0.0144. The van der Waals surface area contributed by atoms with Crippen molar-refractivity contribution in [1.29, 1.82) is 0 Å². The van der Waals surface area contributed by atoms with E-state index < -0.39 is 142 Å². The number of likely N-dealkylation sites (tertiary alicyclic amines) is 1. The van der Waals surface area contributed by atoms with Crippen molar-refractivity contribution in [2.75, 3.05) is 46.9 Å². The third-order valence-electron chi connectivity index (χ3n) is 19.9. The molecule has 117 heavy (non-hydrogen) atoms. The Morgan fingerprint density at radius 1 is 0.701 bits per heavy atom. The van der Waals surface area contributed by atoms with Gasteiger partial charge in [0.15, 0.2) is 0 Å². The average Bonchev–Trinajstić information content (AvgIpc) is 1.61. The van der Waals surface area contributed by atoms with E-state index in [4.69, 9.17) is 14.5 Å². The molecule has 35 nitrogen and oxygen atoms in total. The number of fused-ring (bicyclic) bond motifs is 5. The number of amides is 12. The van der Waals surface area contributed by atoms with Crippen LogP contribution in [0.15, 0.2) is 131 Å². The summed E-state index contributed by atoms with van der Waals surface area (Å²) in [4.78, 5) is 191. The molecule has 3 aliphatic heterocycles. The number of anilines is 4. The Morgan fingerprint density at radius 3 is 2.04 bits per heavy atom. The van der Waals surface area contributed by atoms with Crippen LogP contribution in [0.5, 0.6) is 0 Å². The molecule has 3 aliphatic rings. The van der Waals surface area contributed by atoms with Crippen LogP contribution < -0.4 is 68.8 Å². The average molecular weight is 1630 g/mol. The molecule has 12 amide bonds. The molecule has 0 saturated carbocycles. The number of carbonyl (C=O) groups is 12. The lowest BCUT2D eigenvalue weighted by molar-refractivity contribution is -0.191. The molecule has 14 N–H and O–H groups in total. The van der Waals surface area contributed by atoms with E-state index in [0.29, 0.717) is 54.1 Å². The molecule has 6 heterocycles. The molecule has 4 aromatic carbocycles. The number of urea groups is 3. The van der Waals surface area contributed by atoms with Crippen LogP contribution in [0.3, 0.4) is 0 Å². The summed E-state index contributed by atoms with van der Waals surface area (Å²) in [7, 11) is -4.21. The van der Waals surface area contributed by atoms with Crippen molar-refractivity contribution in [1.82, 2.24) is 67.0 Å². The maximum Gasteiger partial charge on any atom is 0.355 e. The minimum atomic E-state index is -4.21. The lowest BCUT2D eigenvalue weighted by Gasteiger charge is -2.37. The first-order valence-electron chi connectivity index (χ1n) is 38.9. The van der Waals surface area contributed by atoms with Crippen LogP contribution >= 0.6 is 0 Å². The highest BCUT2D eigenvalue weighted by atomic mass is 32.2. The lowest BCUT2D eigenvalue weighted by atomic mass is 9.85. The second kappa shape index (κ2) is 39.0. The summed E-state index contributed by atoms with van der Waals surface area (Å²) in [6.07, 6.45) is 3.76. The van der Waals surface area contributed by atoms with Crippen LogP contribution in [0.25, 0.3) is 22.3 Å². The first-order chi connectivity index (χ1) is 55.8. The summed E-state index contributed by atoms with van der Waals surface area (Å²) in [5.41, 5.74) is 1.59. The van der Waals surface area contributed by atoms with Gasteiger partial charge in [-0.25, -0.2) is 42.4 Å². The summed E-state index contributed by atoms with van der Waals surface area (Å²) < 4.78 is 42.7. The standard InChI is InChI=1S/C81H99N17O18S/c1-9-29-83-78(110)89-53-19-14-21-56(36-53)117(113,114)96-54-20-13-18-49(35-54)60(39-68(101)102)94-80(112)88-52-27-25-51(26-28-52)87-79(111)84-30-15-24-67(100)97-31-16-23-64(97)74(106)93-61(32-45(3)4)71(103)85-41-66(99)90-62(33-46(5)6)72(104)92-63(37-55-40-82-44-86-55)73(105)95-69(47(7)8)76(108)116-81(10-2)58-38-65-70-50(34-48-17-11-12-22-59(48)91-70)42-98(65)75(107)57(58)43-115-77(81)109/h11-14,17-22,25-28,34-36,38,40,44-47,60-64,69,96H,9-10,15-16,23-24,29-33,37,39,41-43H2,1-8H3,(H,82,86)(H,85,103)(H,90,99)(H,92,104)(H,93,106)(H,95,105)(H,101,102)(H2,83,89,110)(H2,84,87,111)(H2,88,94,112)/t60?,61-,62+,63+,64+,69+,81+/m0/s1. The first kappa shape index (κ1) is 86.6. The topological polar surface area (TPSA) is 489 Å². The van der Waals surface area contributed by atoms with Gasteiger partial charge in [0.25, 0.3) is 15.6 Å². The molecule has 10 rings (SSSR count). The van der Waals surface area contributed by atoms with Crippen LogP contribution in [0.1, 0.15) is 147 Å². The number of nitrogens with zero attached hydrogens (tertiary/aromatic N) is 4. The fraction of sp³-hybridized carbons (Fsp3) is 0.420. The molecule has 1 saturated heterocycles. The number of aromatic amines is 1. The van der Waals surface area contributed by atoms with Gasteiger partial charge in [0.2, 0.25) is 41.0 Å². The molecule has 0 radical (unpaired) electrons. The van der Waals surface area contributed by atoms with Crippen molar-refractivity contribution in [3.05, 3.63) is 160 Å². The molecule has 1 fully saturated rings. The van der Waals surface area contributed by atoms with Crippen molar-refractivity contribution in [3.63, 3.8) is 0 Å². The monoisotopic (exact) mass is 1630 g/mol. The molecule has 1 unspecified atom stereocenters. The van der Waals surface area contributed by atoms with E-state index in [1.165, 1.54) is 90.2 Å². The Balaban J connectivity index is 0.680. The van der Waals surface area contributed by atoms with Gasteiger partial charge in [-0.1, -0.05) is 91.8 Å². The third-order valence-corrected chi connectivity index (χ3v) is 21.3. The largest absolute Gasteiger partial charge is 0.481 e. The van der Waals surface area contributed by atoms with Gasteiger partial charge in [-0.05, 0) is 141 Å². The highest BCUT2D eigenvalue weighted by Gasteiger charge is 2.52. The van der Waals surface area contributed by atoms with Crippen molar-refractivity contribution < 1.29 is 80.5 Å². The van der Waals surface area contributed by atoms with Gasteiger partial charge >= 0.3 is 36.0 Å². The molecule has 0 aliphatic carbocycles. The van der Waals surface area contributed by atoms with E-state index in [9.17, 15) is 75.9 Å². The van der Waals surface area contributed by atoms with Gasteiger partial charge in [0.05, 0.1) is 64.9 Å². The van der Waals surface area contributed by atoms with Gasteiger partial charge in [-0.3, -0.25) is 43.1 Å². The zero-order valence-corrected chi connectivity index (χ0v) is 67.0. The Hall–Kier alpha value is -12.8.